The minimum atomic E-state index is -0.464. The molecule has 2 heteroatoms. The number of fused-ring (bicyclic) bond motifs is 4. The summed E-state index contributed by atoms with van der Waals surface area (Å²) in [6, 6.07) is 56.6. The van der Waals surface area contributed by atoms with Crippen LogP contribution in [-0.2, 0) is 10.8 Å². The first-order valence-corrected chi connectivity index (χ1v) is 15.3. The van der Waals surface area contributed by atoms with Crippen molar-refractivity contribution in [3.63, 3.8) is 0 Å². The van der Waals surface area contributed by atoms with E-state index >= 15 is 0 Å². The Hall–Kier alpha value is -5.34. The summed E-state index contributed by atoms with van der Waals surface area (Å²) in [5, 5.41) is 1.05. The molecule has 1 aromatic heterocycles. The van der Waals surface area contributed by atoms with E-state index in [1.807, 2.05) is 12.1 Å². The molecule has 2 nitrogen and oxygen atoms in total. The maximum atomic E-state index is 5.23. The van der Waals surface area contributed by atoms with E-state index in [0.717, 1.165) is 33.5 Å². The lowest BCUT2D eigenvalue weighted by Gasteiger charge is -2.53. The highest BCUT2D eigenvalue weighted by Crippen LogP contribution is 2.60. The number of para-hydroxylation sites is 1. The minimum absolute atomic E-state index is 0.280. The molecule has 0 fully saturated rings. The maximum absolute atomic E-state index is 5.23. The molecule has 0 amide bonds. The topological polar surface area (TPSA) is 25.8 Å². The average molecular weight is 565 g/mol. The van der Waals surface area contributed by atoms with Crippen LogP contribution in [0.4, 0.5) is 0 Å². The van der Waals surface area contributed by atoms with E-state index in [1.54, 1.807) is 0 Å². The van der Waals surface area contributed by atoms with Crippen molar-refractivity contribution in [3.05, 3.63) is 180 Å². The summed E-state index contributed by atoms with van der Waals surface area (Å²) in [4.78, 5) is 10.3. The molecule has 210 valence electrons. The second-order valence-corrected chi connectivity index (χ2v) is 12.2. The average Bonchev–Trinajstić information content (AvgIpc) is 3.09. The van der Waals surface area contributed by atoms with Gasteiger partial charge in [-0.2, -0.15) is 0 Å². The van der Waals surface area contributed by atoms with Crippen LogP contribution in [0.1, 0.15) is 36.1 Å². The normalized spacial score (nSPS) is 16.7. The van der Waals surface area contributed by atoms with Gasteiger partial charge in [0, 0.05) is 21.9 Å². The molecule has 0 bridgehead atoms. The quantitative estimate of drug-likeness (QED) is 0.213. The van der Waals surface area contributed by atoms with Crippen LogP contribution in [0.3, 0.4) is 0 Å². The Morgan fingerprint density at radius 2 is 1.02 bits per heavy atom. The zero-order chi connectivity index (χ0) is 29.7. The van der Waals surface area contributed by atoms with Crippen LogP contribution in [0.25, 0.3) is 44.7 Å². The SMILES string of the molecule is CC1(C)c2ccccc2-c2ccccc2C1(c1ccccc1)c1cccc(-c2nc(-c3ccccc3)c3ccccc3n2)c1. The highest BCUT2D eigenvalue weighted by Gasteiger charge is 2.54. The lowest BCUT2D eigenvalue weighted by Crippen LogP contribution is -2.49. The zero-order valence-corrected chi connectivity index (χ0v) is 24.9. The molecule has 6 aromatic carbocycles. The molecular weight excluding hydrogens is 532 g/mol. The highest BCUT2D eigenvalue weighted by atomic mass is 14.9. The van der Waals surface area contributed by atoms with Crippen LogP contribution in [0.2, 0.25) is 0 Å². The van der Waals surface area contributed by atoms with Crippen molar-refractivity contribution in [1.29, 1.82) is 0 Å². The second kappa shape index (κ2) is 10.1. The Bertz CT molecular complexity index is 2150. The fraction of sp³-hybridized carbons (Fsp3) is 0.0952. The van der Waals surface area contributed by atoms with E-state index in [2.05, 4.69) is 159 Å². The van der Waals surface area contributed by atoms with Crippen LogP contribution in [0.5, 0.6) is 0 Å². The van der Waals surface area contributed by atoms with E-state index < -0.39 is 5.41 Å². The molecule has 8 rings (SSSR count). The number of benzene rings is 6. The van der Waals surface area contributed by atoms with E-state index in [9.17, 15) is 0 Å². The van der Waals surface area contributed by atoms with Gasteiger partial charge in [0.15, 0.2) is 5.82 Å². The van der Waals surface area contributed by atoms with Crippen LogP contribution < -0.4 is 0 Å². The smallest absolute Gasteiger partial charge is 0.160 e. The van der Waals surface area contributed by atoms with Gasteiger partial charge in [-0.15, -0.1) is 0 Å². The van der Waals surface area contributed by atoms with Crippen molar-refractivity contribution in [3.8, 4) is 33.8 Å². The molecule has 1 aliphatic carbocycles. The largest absolute Gasteiger partial charge is 0.228 e. The van der Waals surface area contributed by atoms with Crippen molar-refractivity contribution in [2.75, 3.05) is 0 Å². The van der Waals surface area contributed by atoms with Gasteiger partial charge in [-0.3, -0.25) is 0 Å². The number of hydrogen-bond donors (Lipinski definition) is 0. The molecular formula is C42H32N2. The maximum Gasteiger partial charge on any atom is 0.160 e. The number of nitrogens with zero attached hydrogens (tertiary/aromatic N) is 2. The molecule has 1 unspecified atom stereocenters. The Kier molecular flexibility index (Phi) is 6.06. The second-order valence-electron chi connectivity index (χ2n) is 12.2. The van der Waals surface area contributed by atoms with Crippen LogP contribution in [-0.4, -0.2) is 9.97 Å². The summed E-state index contributed by atoms with van der Waals surface area (Å²) >= 11 is 0. The van der Waals surface area contributed by atoms with Crippen molar-refractivity contribution in [2.45, 2.75) is 24.7 Å². The first-order valence-electron chi connectivity index (χ1n) is 15.3. The van der Waals surface area contributed by atoms with Crippen LogP contribution in [0, 0.1) is 0 Å². The molecule has 1 aliphatic rings. The number of hydrogen-bond acceptors (Lipinski definition) is 2. The molecule has 0 N–H and O–H groups in total. The third-order valence-corrected chi connectivity index (χ3v) is 9.57. The van der Waals surface area contributed by atoms with Gasteiger partial charge in [0.2, 0.25) is 0 Å². The predicted octanol–water partition coefficient (Wildman–Crippen LogP) is 10.3. The number of rotatable bonds is 4. The molecule has 1 heterocycles. The first kappa shape index (κ1) is 26.3. The van der Waals surface area contributed by atoms with Crippen molar-refractivity contribution in [2.24, 2.45) is 0 Å². The lowest BCUT2D eigenvalue weighted by molar-refractivity contribution is 0.353. The first-order chi connectivity index (χ1) is 21.6. The van der Waals surface area contributed by atoms with Gasteiger partial charge >= 0.3 is 0 Å². The summed E-state index contributed by atoms with van der Waals surface area (Å²) in [5.41, 5.74) is 11.0. The van der Waals surface area contributed by atoms with E-state index in [-0.39, 0.29) is 5.41 Å². The fourth-order valence-electron chi connectivity index (χ4n) is 7.65. The minimum Gasteiger partial charge on any atom is -0.228 e. The Morgan fingerprint density at radius 1 is 0.455 bits per heavy atom. The van der Waals surface area contributed by atoms with Gasteiger partial charge in [-0.1, -0.05) is 159 Å². The van der Waals surface area contributed by atoms with Gasteiger partial charge in [-0.05, 0) is 45.5 Å². The molecule has 0 aliphatic heterocycles. The fourth-order valence-corrected chi connectivity index (χ4v) is 7.65. The Labute approximate surface area is 258 Å². The van der Waals surface area contributed by atoms with Gasteiger partial charge in [0.05, 0.1) is 16.6 Å². The van der Waals surface area contributed by atoms with Crippen molar-refractivity contribution >= 4 is 10.9 Å². The van der Waals surface area contributed by atoms with Gasteiger partial charge in [0.1, 0.15) is 0 Å². The predicted molar refractivity (Wildman–Crippen MR) is 182 cm³/mol. The third-order valence-electron chi connectivity index (χ3n) is 9.57. The zero-order valence-electron chi connectivity index (χ0n) is 24.9. The summed E-state index contributed by atoms with van der Waals surface area (Å²) in [7, 11) is 0. The van der Waals surface area contributed by atoms with Crippen LogP contribution in [0.15, 0.2) is 158 Å². The molecule has 1 atom stereocenters. The van der Waals surface area contributed by atoms with Gasteiger partial charge < -0.3 is 0 Å². The van der Waals surface area contributed by atoms with Gasteiger partial charge in [-0.25, -0.2) is 9.97 Å². The number of aromatic nitrogens is 2. The summed E-state index contributed by atoms with van der Waals surface area (Å²) in [6.07, 6.45) is 0. The highest BCUT2D eigenvalue weighted by molar-refractivity contribution is 5.93. The molecule has 0 radical (unpaired) electrons. The van der Waals surface area contributed by atoms with E-state index in [4.69, 9.17) is 9.97 Å². The third kappa shape index (κ3) is 3.81. The molecule has 44 heavy (non-hydrogen) atoms. The van der Waals surface area contributed by atoms with Crippen molar-refractivity contribution in [1.82, 2.24) is 9.97 Å². The summed E-state index contributed by atoms with van der Waals surface area (Å²) in [5.74, 6) is 0.731. The standard InChI is InChI=1S/C42H32N2/c1-41(2)36-25-12-9-22-33(36)34-23-10-13-26-37(34)42(41,31-19-7-4-8-20-31)32-21-15-18-30(28-32)40-43-38-27-14-11-24-35(38)39(44-40)29-16-5-3-6-17-29/h3-28H,1-2H3. The summed E-state index contributed by atoms with van der Waals surface area (Å²) in [6.45, 7) is 4.81. The van der Waals surface area contributed by atoms with E-state index in [0.29, 0.717) is 0 Å². The summed E-state index contributed by atoms with van der Waals surface area (Å²) < 4.78 is 0. The molecule has 0 spiro atoms. The van der Waals surface area contributed by atoms with Crippen molar-refractivity contribution < 1.29 is 0 Å². The molecule has 7 aromatic rings. The van der Waals surface area contributed by atoms with Gasteiger partial charge in [0.25, 0.3) is 0 Å². The Morgan fingerprint density at radius 3 is 1.80 bits per heavy atom. The van der Waals surface area contributed by atoms with E-state index in [1.165, 1.54) is 33.4 Å². The monoisotopic (exact) mass is 564 g/mol. The van der Waals surface area contributed by atoms with Crippen LogP contribution >= 0.6 is 0 Å². The lowest BCUT2D eigenvalue weighted by atomic mass is 9.49. The molecule has 0 saturated heterocycles. The molecule has 0 saturated carbocycles. The Balaban J connectivity index is 1.42.